The molecule has 1 fully saturated rings. The highest BCUT2D eigenvalue weighted by atomic mass is 32.1. The lowest BCUT2D eigenvalue weighted by molar-refractivity contribution is -0.143. The molecular formula is C11H16N2O2S. The molecule has 0 amide bonds. The number of hydrogen-bond donors (Lipinski definition) is 1. The smallest absolute Gasteiger partial charge is 0.329 e. The minimum absolute atomic E-state index is 0.626. The Morgan fingerprint density at radius 2 is 2.50 bits per heavy atom. The Hall–Kier alpha value is -1.10. The molecule has 0 bridgehead atoms. The first-order valence-corrected chi connectivity index (χ1v) is 6.41. The largest absolute Gasteiger partial charge is 0.479 e. The highest BCUT2D eigenvalue weighted by Crippen LogP contribution is 2.38. The normalized spacial score (nSPS) is 25.0. The monoisotopic (exact) mass is 240 g/mol. The zero-order valence-electron chi connectivity index (χ0n) is 9.56. The summed E-state index contributed by atoms with van der Waals surface area (Å²) in [4.78, 5) is 17.8. The van der Waals surface area contributed by atoms with Gasteiger partial charge in [0.05, 0.1) is 5.69 Å². The first-order valence-electron chi connectivity index (χ1n) is 5.53. The molecule has 0 saturated carbocycles. The Balaban J connectivity index is 2.36. The second-order valence-corrected chi connectivity index (χ2v) is 5.05. The standard InChI is InChI=1S/C11H16N2O2S/c1-3-11(9(14)15)5-4-6-13(11)10-12-8(2)7-16-10/h7H,3-6H2,1-2H3,(H,14,15). The van der Waals surface area contributed by atoms with Gasteiger partial charge in [-0.15, -0.1) is 11.3 Å². The summed E-state index contributed by atoms with van der Waals surface area (Å²) in [6.07, 6.45) is 2.27. The van der Waals surface area contributed by atoms with Gasteiger partial charge in [0.15, 0.2) is 5.13 Å². The SMILES string of the molecule is CCC1(C(=O)O)CCCN1c1nc(C)cs1. The molecule has 2 heterocycles. The Morgan fingerprint density at radius 3 is 3.00 bits per heavy atom. The molecule has 0 spiro atoms. The third-order valence-corrected chi connectivity index (χ3v) is 4.29. The van der Waals surface area contributed by atoms with Crippen molar-refractivity contribution in [2.24, 2.45) is 0 Å². The third kappa shape index (κ3) is 1.59. The fourth-order valence-electron chi connectivity index (χ4n) is 2.36. The van der Waals surface area contributed by atoms with Crippen molar-refractivity contribution in [3.8, 4) is 0 Å². The summed E-state index contributed by atoms with van der Waals surface area (Å²) in [5.74, 6) is -0.722. The number of carboxylic acid groups (broad SMARTS) is 1. The number of carboxylic acids is 1. The van der Waals surface area contributed by atoms with Gasteiger partial charge in [0.2, 0.25) is 0 Å². The van der Waals surface area contributed by atoms with Crippen molar-refractivity contribution in [3.05, 3.63) is 11.1 Å². The molecule has 1 unspecified atom stereocenters. The maximum atomic E-state index is 11.5. The van der Waals surface area contributed by atoms with E-state index in [1.54, 1.807) is 0 Å². The van der Waals surface area contributed by atoms with Crippen LogP contribution in [-0.2, 0) is 4.79 Å². The van der Waals surface area contributed by atoms with E-state index in [4.69, 9.17) is 0 Å². The van der Waals surface area contributed by atoms with Gasteiger partial charge < -0.3 is 10.0 Å². The average molecular weight is 240 g/mol. The fraction of sp³-hybridized carbons (Fsp3) is 0.636. The molecule has 1 aliphatic rings. The summed E-state index contributed by atoms with van der Waals surface area (Å²) < 4.78 is 0. The maximum Gasteiger partial charge on any atom is 0.329 e. The quantitative estimate of drug-likeness (QED) is 0.880. The molecule has 1 aliphatic heterocycles. The molecule has 1 saturated heterocycles. The van der Waals surface area contributed by atoms with Gasteiger partial charge in [0.25, 0.3) is 0 Å². The van der Waals surface area contributed by atoms with Gasteiger partial charge in [0.1, 0.15) is 5.54 Å². The van der Waals surface area contributed by atoms with Crippen LogP contribution in [0, 0.1) is 6.92 Å². The van der Waals surface area contributed by atoms with Crippen LogP contribution in [0.4, 0.5) is 5.13 Å². The predicted octanol–water partition coefficient (Wildman–Crippen LogP) is 2.29. The number of hydrogen-bond acceptors (Lipinski definition) is 4. The Morgan fingerprint density at radius 1 is 1.75 bits per heavy atom. The van der Waals surface area contributed by atoms with Crippen LogP contribution >= 0.6 is 11.3 Å². The van der Waals surface area contributed by atoms with Gasteiger partial charge in [-0.1, -0.05) is 6.92 Å². The molecule has 0 aromatic carbocycles. The van der Waals surface area contributed by atoms with Crippen LogP contribution in [0.25, 0.3) is 0 Å². The molecular weight excluding hydrogens is 224 g/mol. The minimum atomic E-state index is -0.732. The molecule has 0 radical (unpaired) electrons. The van der Waals surface area contributed by atoms with Gasteiger partial charge in [-0.05, 0) is 26.2 Å². The minimum Gasteiger partial charge on any atom is -0.479 e. The van der Waals surface area contributed by atoms with Gasteiger partial charge in [-0.25, -0.2) is 9.78 Å². The summed E-state index contributed by atoms with van der Waals surface area (Å²) in [6.45, 7) is 4.67. The molecule has 2 rings (SSSR count). The number of nitrogens with zero attached hydrogens (tertiary/aromatic N) is 2. The Kier molecular flexibility index (Phi) is 2.88. The van der Waals surface area contributed by atoms with E-state index in [1.165, 1.54) is 11.3 Å². The summed E-state index contributed by atoms with van der Waals surface area (Å²) in [7, 11) is 0. The van der Waals surface area contributed by atoms with Gasteiger partial charge in [-0.2, -0.15) is 0 Å². The average Bonchev–Trinajstić information content (AvgIpc) is 2.83. The van der Waals surface area contributed by atoms with Gasteiger partial charge >= 0.3 is 5.97 Å². The highest BCUT2D eigenvalue weighted by Gasteiger charge is 2.47. The van der Waals surface area contributed by atoms with Crippen LogP contribution in [0.15, 0.2) is 5.38 Å². The van der Waals surface area contributed by atoms with E-state index in [0.717, 1.165) is 30.2 Å². The zero-order valence-corrected chi connectivity index (χ0v) is 10.4. The lowest BCUT2D eigenvalue weighted by atomic mass is 9.93. The van der Waals surface area contributed by atoms with Crippen molar-refractivity contribution < 1.29 is 9.90 Å². The number of carbonyl (C=O) groups is 1. The molecule has 16 heavy (non-hydrogen) atoms. The van der Waals surface area contributed by atoms with Gasteiger partial charge in [-0.3, -0.25) is 0 Å². The number of thiazole rings is 1. The van der Waals surface area contributed by atoms with E-state index in [0.29, 0.717) is 6.42 Å². The molecule has 1 N–H and O–H groups in total. The van der Waals surface area contributed by atoms with Crippen LogP contribution in [0.1, 0.15) is 31.9 Å². The molecule has 4 nitrogen and oxygen atoms in total. The lowest BCUT2D eigenvalue weighted by Crippen LogP contribution is -2.50. The van der Waals surface area contributed by atoms with Crippen molar-refractivity contribution in [1.29, 1.82) is 0 Å². The van der Waals surface area contributed by atoms with Crippen LogP contribution < -0.4 is 4.90 Å². The van der Waals surface area contributed by atoms with Gasteiger partial charge in [0, 0.05) is 11.9 Å². The van der Waals surface area contributed by atoms with E-state index < -0.39 is 11.5 Å². The van der Waals surface area contributed by atoms with E-state index in [9.17, 15) is 9.90 Å². The second kappa shape index (κ2) is 4.05. The first-order chi connectivity index (χ1) is 7.60. The Bertz CT molecular complexity index is 404. The van der Waals surface area contributed by atoms with Crippen molar-refractivity contribution in [2.75, 3.05) is 11.4 Å². The number of anilines is 1. The number of rotatable bonds is 3. The predicted molar refractivity (Wildman–Crippen MR) is 64.1 cm³/mol. The maximum absolute atomic E-state index is 11.5. The van der Waals surface area contributed by atoms with Crippen LogP contribution in [0.2, 0.25) is 0 Å². The third-order valence-electron chi connectivity index (χ3n) is 3.31. The molecule has 1 aromatic rings. The summed E-state index contributed by atoms with van der Waals surface area (Å²) in [5, 5.41) is 12.3. The van der Waals surface area contributed by atoms with Crippen molar-refractivity contribution in [1.82, 2.24) is 4.98 Å². The molecule has 5 heteroatoms. The fourth-order valence-corrected chi connectivity index (χ4v) is 3.28. The zero-order chi connectivity index (χ0) is 11.8. The van der Waals surface area contributed by atoms with E-state index in [1.807, 2.05) is 24.1 Å². The van der Waals surface area contributed by atoms with E-state index in [-0.39, 0.29) is 0 Å². The molecule has 1 atom stereocenters. The molecule has 1 aromatic heterocycles. The van der Waals surface area contributed by atoms with Crippen LogP contribution in [0.3, 0.4) is 0 Å². The molecule has 88 valence electrons. The topological polar surface area (TPSA) is 53.4 Å². The highest BCUT2D eigenvalue weighted by molar-refractivity contribution is 7.13. The summed E-state index contributed by atoms with van der Waals surface area (Å²) >= 11 is 1.53. The van der Waals surface area contributed by atoms with E-state index in [2.05, 4.69) is 4.98 Å². The van der Waals surface area contributed by atoms with Crippen molar-refractivity contribution in [3.63, 3.8) is 0 Å². The number of aliphatic carboxylic acids is 1. The van der Waals surface area contributed by atoms with Crippen LogP contribution in [-0.4, -0.2) is 28.1 Å². The van der Waals surface area contributed by atoms with Crippen molar-refractivity contribution >= 4 is 22.4 Å². The summed E-state index contributed by atoms with van der Waals surface area (Å²) in [5.41, 5.74) is 0.229. The molecule has 0 aliphatic carbocycles. The lowest BCUT2D eigenvalue weighted by Gasteiger charge is -2.33. The Labute approximate surface area is 98.9 Å². The second-order valence-electron chi connectivity index (χ2n) is 4.22. The number of aryl methyl sites for hydroxylation is 1. The first kappa shape index (κ1) is 11.4. The number of aromatic nitrogens is 1. The van der Waals surface area contributed by atoms with E-state index >= 15 is 0 Å². The summed E-state index contributed by atoms with van der Waals surface area (Å²) in [6, 6.07) is 0. The van der Waals surface area contributed by atoms with Crippen LogP contribution in [0.5, 0.6) is 0 Å². The van der Waals surface area contributed by atoms with Crippen molar-refractivity contribution in [2.45, 2.75) is 38.6 Å².